The number of ketones is 1. The number of Topliss-reactive ketones (excluding diaryl/α,β-unsaturated/α-hetero) is 1. The van der Waals surface area contributed by atoms with Gasteiger partial charge in [0, 0.05) is 12.0 Å². The van der Waals surface area contributed by atoms with Gasteiger partial charge in [-0.05, 0) is 42.0 Å². The summed E-state index contributed by atoms with van der Waals surface area (Å²) in [5.41, 5.74) is 0.925. The average molecular weight is 443 g/mol. The van der Waals surface area contributed by atoms with E-state index in [9.17, 15) is 23.2 Å². The molecule has 166 valence electrons. The minimum Gasteiger partial charge on any atom is -0.459 e. The van der Waals surface area contributed by atoms with Crippen LogP contribution in [0.25, 0.3) is 0 Å². The summed E-state index contributed by atoms with van der Waals surface area (Å²) >= 11 is 0. The number of ether oxygens (including phenoxy) is 2. The van der Waals surface area contributed by atoms with Gasteiger partial charge in [0.2, 0.25) is 0 Å². The summed E-state index contributed by atoms with van der Waals surface area (Å²) in [5.74, 6) is -2.03. The first-order chi connectivity index (χ1) is 15.4. The summed E-state index contributed by atoms with van der Waals surface area (Å²) in [6.45, 7) is -3.56. The number of rotatable bonds is 10. The van der Waals surface area contributed by atoms with E-state index in [1.54, 1.807) is 24.3 Å². The summed E-state index contributed by atoms with van der Waals surface area (Å²) in [7, 11) is 0. The molecular weight excluding hydrogens is 424 g/mol. The van der Waals surface area contributed by atoms with Crippen LogP contribution in [0.2, 0.25) is 0 Å². The molecule has 1 heterocycles. The van der Waals surface area contributed by atoms with E-state index < -0.39 is 36.9 Å². The van der Waals surface area contributed by atoms with Crippen molar-refractivity contribution < 1.29 is 37.1 Å². The summed E-state index contributed by atoms with van der Waals surface area (Å²) in [4.78, 5) is 37.3. The van der Waals surface area contributed by atoms with Gasteiger partial charge >= 0.3 is 12.6 Å². The Hall–Kier alpha value is -4.01. The lowest BCUT2D eigenvalue weighted by atomic mass is 10.1. The van der Waals surface area contributed by atoms with E-state index in [1.807, 2.05) is 6.07 Å². The number of hydrogen-bond acceptors (Lipinski definition) is 6. The lowest BCUT2D eigenvalue weighted by Crippen LogP contribution is -2.43. The molecule has 0 saturated carbocycles. The Kier molecular flexibility index (Phi) is 7.69. The smallest absolute Gasteiger partial charge is 0.387 e. The Morgan fingerprint density at radius 1 is 0.938 bits per heavy atom. The van der Waals surface area contributed by atoms with Crippen LogP contribution in [-0.2, 0) is 16.0 Å². The molecule has 0 radical (unpaired) electrons. The zero-order valence-corrected chi connectivity index (χ0v) is 16.7. The molecule has 0 aliphatic heterocycles. The van der Waals surface area contributed by atoms with E-state index in [2.05, 4.69) is 10.1 Å². The number of furan rings is 1. The molecule has 0 bridgehead atoms. The average Bonchev–Trinajstić information content (AvgIpc) is 3.33. The first-order valence-electron chi connectivity index (χ1n) is 9.55. The van der Waals surface area contributed by atoms with Crippen molar-refractivity contribution in [1.29, 1.82) is 0 Å². The third kappa shape index (κ3) is 6.49. The number of hydrogen-bond donors (Lipinski definition) is 1. The van der Waals surface area contributed by atoms with Gasteiger partial charge in [0.05, 0.1) is 6.26 Å². The number of halogens is 2. The number of carbonyl (C=O) groups excluding carboxylic acids is 3. The summed E-state index contributed by atoms with van der Waals surface area (Å²) in [6.07, 6.45) is 1.47. The van der Waals surface area contributed by atoms with E-state index >= 15 is 0 Å². The normalized spacial score (nSPS) is 11.6. The van der Waals surface area contributed by atoms with Crippen molar-refractivity contribution in [3.8, 4) is 5.75 Å². The molecule has 1 aromatic heterocycles. The van der Waals surface area contributed by atoms with Gasteiger partial charge in [-0.3, -0.25) is 9.59 Å². The Labute approximate surface area is 181 Å². The van der Waals surface area contributed by atoms with Crippen LogP contribution < -0.4 is 10.1 Å². The number of nitrogens with one attached hydrogen (secondary N) is 1. The van der Waals surface area contributed by atoms with Crippen LogP contribution in [0.15, 0.2) is 77.4 Å². The molecule has 0 saturated heterocycles. The first kappa shape index (κ1) is 22.7. The van der Waals surface area contributed by atoms with Crippen molar-refractivity contribution in [2.75, 3.05) is 6.61 Å². The molecule has 9 heteroatoms. The number of carbonyl (C=O) groups is 3. The van der Waals surface area contributed by atoms with E-state index in [1.165, 1.54) is 42.7 Å². The molecule has 0 fully saturated rings. The third-order valence-corrected chi connectivity index (χ3v) is 4.36. The molecule has 7 nitrogen and oxygen atoms in total. The number of esters is 1. The van der Waals surface area contributed by atoms with Gasteiger partial charge < -0.3 is 19.2 Å². The lowest BCUT2D eigenvalue weighted by molar-refractivity contribution is -0.144. The summed E-state index contributed by atoms with van der Waals surface area (Å²) in [6, 6.07) is 15.9. The Morgan fingerprint density at radius 2 is 1.66 bits per heavy atom. The zero-order chi connectivity index (χ0) is 22.9. The van der Waals surface area contributed by atoms with Crippen LogP contribution >= 0.6 is 0 Å². The van der Waals surface area contributed by atoms with Crippen molar-refractivity contribution in [2.24, 2.45) is 0 Å². The molecule has 1 amide bonds. The van der Waals surface area contributed by atoms with E-state index in [4.69, 9.17) is 9.15 Å². The van der Waals surface area contributed by atoms with Gasteiger partial charge in [-0.1, -0.05) is 30.3 Å². The molecule has 3 aromatic rings. The molecule has 0 aliphatic carbocycles. The second kappa shape index (κ2) is 10.9. The monoisotopic (exact) mass is 443 g/mol. The molecule has 2 aromatic carbocycles. The van der Waals surface area contributed by atoms with Gasteiger partial charge in [-0.15, -0.1) is 0 Å². The van der Waals surface area contributed by atoms with Gasteiger partial charge in [-0.2, -0.15) is 8.78 Å². The quantitative estimate of drug-likeness (QED) is 0.380. The molecule has 1 atom stereocenters. The van der Waals surface area contributed by atoms with Gasteiger partial charge in [-0.25, -0.2) is 4.79 Å². The topological polar surface area (TPSA) is 94.8 Å². The fourth-order valence-electron chi connectivity index (χ4n) is 2.82. The fraction of sp³-hybridized carbons (Fsp3) is 0.174. The van der Waals surface area contributed by atoms with Gasteiger partial charge in [0.25, 0.3) is 5.91 Å². The van der Waals surface area contributed by atoms with Crippen LogP contribution in [0.5, 0.6) is 5.75 Å². The molecule has 0 unspecified atom stereocenters. The highest BCUT2D eigenvalue weighted by molar-refractivity contribution is 5.99. The van der Waals surface area contributed by atoms with Gasteiger partial charge in [0.15, 0.2) is 18.2 Å². The third-order valence-electron chi connectivity index (χ3n) is 4.36. The van der Waals surface area contributed by atoms with Gasteiger partial charge in [0.1, 0.15) is 11.8 Å². The Morgan fingerprint density at radius 3 is 2.28 bits per heavy atom. The SMILES string of the molecule is O=C(COC(=O)[C@H](Cc1ccccc1)NC(=O)c1ccco1)c1ccc(OC(F)F)cc1. The highest BCUT2D eigenvalue weighted by Gasteiger charge is 2.25. The highest BCUT2D eigenvalue weighted by atomic mass is 19.3. The van der Waals surface area contributed by atoms with Crippen molar-refractivity contribution in [3.05, 3.63) is 89.9 Å². The standard InChI is InChI=1S/C23H19F2NO6/c24-23(25)32-17-10-8-16(9-11-17)19(27)14-31-22(29)18(13-15-5-2-1-3-6-15)26-21(28)20-7-4-12-30-20/h1-12,18,23H,13-14H2,(H,26,28)/t18-/m0/s1. The fourth-order valence-corrected chi connectivity index (χ4v) is 2.82. The van der Waals surface area contributed by atoms with Crippen LogP contribution in [0.3, 0.4) is 0 Å². The minimum atomic E-state index is -2.98. The summed E-state index contributed by atoms with van der Waals surface area (Å²) < 4.78 is 38.8. The molecule has 3 rings (SSSR count). The Balaban J connectivity index is 1.63. The predicted molar refractivity (Wildman–Crippen MR) is 108 cm³/mol. The van der Waals surface area contributed by atoms with Crippen molar-refractivity contribution in [3.63, 3.8) is 0 Å². The van der Waals surface area contributed by atoms with E-state index in [-0.39, 0.29) is 23.5 Å². The molecular formula is C23H19F2NO6. The van der Waals surface area contributed by atoms with Crippen molar-refractivity contribution in [1.82, 2.24) is 5.32 Å². The molecule has 0 spiro atoms. The molecule has 1 N–H and O–H groups in total. The second-order valence-electron chi connectivity index (χ2n) is 6.63. The largest absolute Gasteiger partial charge is 0.459 e. The summed E-state index contributed by atoms with van der Waals surface area (Å²) in [5, 5.41) is 2.55. The number of amides is 1. The van der Waals surface area contributed by atoms with Crippen LogP contribution in [0, 0.1) is 0 Å². The number of benzene rings is 2. The van der Waals surface area contributed by atoms with E-state index in [0.717, 1.165) is 5.56 Å². The maximum absolute atomic E-state index is 12.6. The Bertz CT molecular complexity index is 1040. The maximum Gasteiger partial charge on any atom is 0.387 e. The van der Waals surface area contributed by atoms with Crippen molar-refractivity contribution in [2.45, 2.75) is 19.1 Å². The predicted octanol–water partition coefficient (Wildman–Crippen LogP) is 3.65. The van der Waals surface area contributed by atoms with Crippen molar-refractivity contribution >= 4 is 17.7 Å². The first-order valence-corrected chi connectivity index (χ1v) is 9.55. The zero-order valence-electron chi connectivity index (χ0n) is 16.7. The van der Waals surface area contributed by atoms with Crippen LogP contribution in [-0.4, -0.2) is 36.9 Å². The molecule has 32 heavy (non-hydrogen) atoms. The maximum atomic E-state index is 12.6. The lowest BCUT2D eigenvalue weighted by Gasteiger charge is -2.17. The van der Waals surface area contributed by atoms with E-state index in [0.29, 0.717) is 0 Å². The van der Waals surface area contributed by atoms with Crippen LogP contribution in [0.4, 0.5) is 8.78 Å². The molecule has 0 aliphatic rings. The van der Waals surface area contributed by atoms with Crippen LogP contribution in [0.1, 0.15) is 26.5 Å². The number of alkyl halides is 2. The highest BCUT2D eigenvalue weighted by Crippen LogP contribution is 2.15. The minimum absolute atomic E-state index is 0.0260. The second-order valence-corrected chi connectivity index (χ2v) is 6.63.